The van der Waals surface area contributed by atoms with Crippen molar-refractivity contribution in [1.82, 2.24) is 0 Å². The van der Waals surface area contributed by atoms with Gasteiger partial charge in [-0.3, -0.25) is 4.79 Å². The summed E-state index contributed by atoms with van der Waals surface area (Å²) >= 11 is 1.65. The fraction of sp³-hybridized carbons (Fsp3) is 0.812. The molecular formula is C16H26O3S. The van der Waals surface area contributed by atoms with Gasteiger partial charge >= 0.3 is 0 Å². The van der Waals surface area contributed by atoms with Crippen LogP contribution in [0.2, 0.25) is 0 Å². The van der Waals surface area contributed by atoms with Gasteiger partial charge in [0.1, 0.15) is 5.78 Å². The van der Waals surface area contributed by atoms with Gasteiger partial charge in [-0.05, 0) is 39.9 Å². The van der Waals surface area contributed by atoms with Crippen molar-refractivity contribution < 1.29 is 14.6 Å². The van der Waals surface area contributed by atoms with E-state index in [2.05, 4.69) is 26.8 Å². The molecule has 1 saturated carbocycles. The molecule has 0 aromatic carbocycles. The number of epoxide rings is 1. The predicted molar refractivity (Wildman–Crippen MR) is 83.0 cm³/mol. The fourth-order valence-corrected chi connectivity index (χ4v) is 4.26. The summed E-state index contributed by atoms with van der Waals surface area (Å²) in [7, 11) is 0. The standard InChI is InChI=1S/C16H26O3S/c1-11(2)5-6-14-15(3,19-14)13-9-12(17)7-8-16(13,18)10-20-4/h5,13-14,18H,6-10H2,1-4H3. The molecule has 0 aromatic rings. The maximum atomic E-state index is 11.8. The van der Waals surface area contributed by atoms with Crippen LogP contribution in [0.4, 0.5) is 0 Å². The largest absolute Gasteiger partial charge is 0.389 e. The molecule has 20 heavy (non-hydrogen) atoms. The molecule has 4 heteroatoms. The summed E-state index contributed by atoms with van der Waals surface area (Å²) in [4.78, 5) is 11.8. The number of allylic oxidation sites excluding steroid dienone is 1. The number of hydrogen-bond donors (Lipinski definition) is 1. The molecule has 3 nitrogen and oxygen atoms in total. The number of aliphatic hydroxyl groups is 1. The van der Waals surface area contributed by atoms with Crippen molar-refractivity contribution in [3.63, 3.8) is 0 Å². The number of carbonyl (C=O) groups is 1. The molecule has 1 heterocycles. The van der Waals surface area contributed by atoms with Crippen LogP contribution in [0, 0.1) is 5.92 Å². The van der Waals surface area contributed by atoms with Crippen LogP contribution in [-0.2, 0) is 9.53 Å². The molecule has 2 fully saturated rings. The van der Waals surface area contributed by atoms with Crippen molar-refractivity contribution in [3.05, 3.63) is 11.6 Å². The Hall–Kier alpha value is -0.320. The lowest BCUT2D eigenvalue weighted by atomic mass is 9.68. The monoisotopic (exact) mass is 298 g/mol. The molecule has 1 aliphatic carbocycles. The third-order valence-corrected chi connectivity index (χ3v) is 5.51. The normalized spacial score (nSPS) is 40.5. The van der Waals surface area contributed by atoms with E-state index in [1.165, 1.54) is 5.57 Å². The first kappa shape index (κ1) is 16.1. The molecule has 1 saturated heterocycles. The van der Waals surface area contributed by atoms with Crippen LogP contribution in [0.15, 0.2) is 11.6 Å². The van der Waals surface area contributed by atoms with Gasteiger partial charge in [0.15, 0.2) is 0 Å². The number of rotatable bonds is 5. The Bertz CT molecular complexity index is 416. The molecule has 2 aliphatic rings. The van der Waals surface area contributed by atoms with Gasteiger partial charge in [-0.25, -0.2) is 0 Å². The lowest BCUT2D eigenvalue weighted by Crippen LogP contribution is -2.51. The molecule has 0 amide bonds. The molecular weight excluding hydrogens is 272 g/mol. The summed E-state index contributed by atoms with van der Waals surface area (Å²) in [6.45, 7) is 6.22. The highest BCUT2D eigenvalue weighted by molar-refractivity contribution is 7.98. The van der Waals surface area contributed by atoms with Crippen LogP contribution in [0.5, 0.6) is 0 Å². The van der Waals surface area contributed by atoms with E-state index in [0.717, 1.165) is 6.42 Å². The lowest BCUT2D eigenvalue weighted by Gasteiger charge is -2.41. The van der Waals surface area contributed by atoms with Crippen molar-refractivity contribution in [2.45, 2.75) is 63.8 Å². The minimum Gasteiger partial charge on any atom is -0.389 e. The van der Waals surface area contributed by atoms with Crippen LogP contribution < -0.4 is 0 Å². The number of thioether (sulfide) groups is 1. The molecule has 2 rings (SSSR count). The first-order valence-corrected chi connectivity index (χ1v) is 8.75. The second kappa shape index (κ2) is 5.82. The van der Waals surface area contributed by atoms with Gasteiger partial charge in [0.25, 0.3) is 0 Å². The van der Waals surface area contributed by atoms with Gasteiger partial charge in [0.05, 0.1) is 17.3 Å². The minimum atomic E-state index is -0.762. The Morgan fingerprint density at radius 2 is 2.25 bits per heavy atom. The van der Waals surface area contributed by atoms with E-state index in [1.54, 1.807) is 11.8 Å². The minimum absolute atomic E-state index is 0.0701. The van der Waals surface area contributed by atoms with Crippen molar-refractivity contribution >= 4 is 17.5 Å². The first-order valence-electron chi connectivity index (χ1n) is 7.36. The maximum absolute atomic E-state index is 11.8. The van der Waals surface area contributed by atoms with Crippen molar-refractivity contribution in [2.24, 2.45) is 5.92 Å². The molecule has 0 spiro atoms. The van der Waals surface area contributed by atoms with Gasteiger partial charge < -0.3 is 9.84 Å². The zero-order valence-corrected chi connectivity index (χ0v) is 13.8. The summed E-state index contributed by atoms with van der Waals surface area (Å²) in [6.07, 6.45) is 6.73. The van der Waals surface area contributed by atoms with E-state index in [1.807, 2.05) is 6.26 Å². The summed E-state index contributed by atoms with van der Waals surface area (Å²) in [5.41, 5.74) is 0.177. The van der Waals surface area contributed by atoms with Crippen molar-refractivity contribution in [3.8, 4) is 0 Å². The highest BCUT2D eigenvalue weighted by Gasteiger charge is 2.63. The van der Waals surface area contributed by atoms with Gasteiger partial charge in [-0.15, -0.1) is 0 Å². The number of ether oxygens (including phenoxy) is 1. The highest BCUT2D eigenvalue weighted by atomic mass is 32.2. The smallest absolute Gasteiger partial charge is 0.133 e. The van der Waals surface area contributed by atoms with E-state index in [9.17, 15) is 9.90 Å². The second-order valence-electron chi connectivity index (χ2n) is 6.64. The third-order valence-electron chi connectivity index (χ3n) is 4.72. The van der Waals surface area contributed by atoms with Gasteiger partial charge in [0, 0.05) is 24.5 Å². The van der Waals surface area contributed by atoms with E-state index < -0.39 is 5.60 Å². The Morgan fingerprint density at radius 3 is 2.85 bits per heavy atom. The fourth-order valence-electron chi connectivity index (χ4n) is 3.41. The van der Waals surface area contributed by atoms with Crippen LogP contribution >= 0.6 is 11.8 Å². The van der Waals surface area contributed by atoms with Gasteiger partial charge in [-0.1, -0.05) is 11.6 Å². The molecule has 1 aliphatic heterocycles. The van der Waals surface area contributed by atoms with Crippen LogP contribution in [0.3, 0.4) is 0 Å². The van der Waals surface area contributed by atoms with E-state index >= 15 is 0 Å². The Morgan fingerprint density at radius 1 is 1.55 bits per heavy atom. The number of Topliss-reactive ketones (excluding diaryl/α,β-unsaturated/α-hetero) is 1. The third kappa shape index (κ3) is 3.12. The Balaban J connectivity index is 2.12. The topological polar surface area (TPSA) is 49.8 Å². The molecule has 0 bridgehead atoms. The van der Waals surface area contributed by atoms with Crippen LogP contribution in [-0.4, -0.2) is 40.2 Å². The first-order chi connectivity index (χ1) is 9.32. The SMILES string of the molecule is CSCC1(O)CCC(=O)CC1C1(C)OC1CC=C(C)C. The second-order valence-corrected chi connectivity index (χ2v) is 7.51. The number of ketones is 1. The summed E-state index contributed by atoms with van der Waals surface area (Å²) in [5.74, 6) is 0.872. The van der Waals surface area contributed by atoms with Crippen LogP contribution in [0.1, 0.15) is 46.5 Å². The van der Waals surface area contributed by atoms with Crippen molar-refractivity contribution in [2.75, 3.05) is 12.0 Å². The Kier molecular flexibility index (Phi) is 4.67. The zero-order chi connectivity index (χ0) is 15.0. The zero-order valence-electron chi connectivity index (χ0n) is 12.9. The molecule has 4 atom stereocenters. The molecule has 0 radical (unpaired) electrons. The average Bonchev–Trinajstić information content (AvgIpc) is 3.03. The number of carbonyl (C=O) groups excluding carboxylic acids is 1. The molecule has 1 N–H and O–H groups in total. The predicted octanol–water partition coefficient (Wildman–Crippen LogP) is 2.96. The molecule has 0 aromatic heterocycles. The quantitative estimate of drug-likeness (QED) is 0.626. The summed E-state index contributed by atoms with van der Waals surface area (Å²) in [5, 5.41) is 11.0. The lowest BCUT2D eigenvalue weighted by molar-refractivity contribution is -0.132. The average molecular weight is 298 g/mol. The highest BCUT2D eigenvalue weighted by Crippen LogP contribution is 2.53. The van der Waals surface area contributed by atoms with Crippen molar-refractivity contribution in [1.29, 1.82) is 0 Å². The van der Waals surface area contributed by atoms with Crippen LogP contribution in [0.25, 0.3) is 0 Å². The Labute approximate surface area is 126 Å². The van der Waals surface area contributed by atoms with E-state index in [-0.39, 0.29) is 23.4 Å². The summed E-state index contributed by atoms with van der Waals surface area (Å²) < 4.78 is 5.92. The maximum Gasteiger partial charge on any atom is 0.133 e. The summed E-state index contributed by atoms with van der Waals surface area (Å²) in [6, 6.07) is 0. The van der Waals surface area contributed by atoms with Gasteiger partial charge in [0.2, 0.25) is 0 Å². The van der Waals surface area contributed by atoms with E-state index in [4.69, 9.17) is 4.74 Å². The molecule has 114 valence electrons. The number of hydrogen-bond acceptors (Lipinski definition) is 4. The van der Waals surface area contributed by atoms with E-state index in [0.29, 0.717) is 25.0 Å². The van der Waals surface area contributed by atoms with Gasteiger partial charge in [-0.2, -0.15) is 11.8 Å². The molecule has 4 unspecified atom stereocenters.